The number of carbonyl (C=O) groups excluding carboxylic acids is 2. The molecule has 0 fully saturated rings. The second kappa shape index (κ2) is 11.2. The summed E-state index contributed by atoms with van der Waals surface area (Å²) >= 11 is 0. The summed E-state index contributed by atoms with van der Waals surface area (Å²) in [5, 5.41) is 2.95. The van der Waals surface area contributed by atoms with Crippen LogP contribution < -0.4 is 10.1 Å². The van der Waals surface area contributed by atoms with Gasteiger partial charge in [0.05, 0.1) is 0 Å². The molecule has 2 aromatic rings. The molecule has 2 atom stereocenters. The van der Waals surface area contributed by atoms with Gasteiger partial charge in [-0.15, -0.1) is 0 Å². The Morgan fingerprint density at radius 3 is 2.31 bits per heavy atom. The summed E-state index contributed by atoms with van der Waals surface area (Å²) < 4.78 is 19.2. The number of rotatable bonds is 10. The lowest BCUT2D eigenvalue weighted by atomic mass is 10.1. The van der Waals surface area contributed by atoms with Crippen LogP contribution in [0.3, 0.4) is 0 Å². The lowest BCUT2D eigenvalue weighted by molar-refractivity contribution is -0.143. The minimum absolute atomic E-state index is 0.0117. The van der Waals surface area contributed by atoms with Crippen molar-refractivity contribution in [2.75, 3.05) is 6.61 Å². The Labute approximate surface area is 171 Å². The second-order valence-electron chi connectivity index (χ2n) is 6.97. The van der Waals surface area contributed by atoms with Gasteiger partial charge in [0, 0.05) is 12.6 Å². The monoisotopic (exact) mass is 400 g/mol. The molecule has 0 spiro atoms. The predicted octanol–water partition coefficient (Wildman–Crippen LogP) is 3.93. The van der Waals surface area contributed by atoms with Gasteiger partial charge in [0.25, 0.3) is 5.91 Å². The van der Waals surface area contributed by atoms with Crippen LogP contribution in [-0.4, -0.2) is 35.4 Å². The predicted molar refractivity (Wildman–Crippen MR) is 111 cm³/mol. The summed E-state index contributed by atoms with van der Waals surface area (Å²) in [6, 6.07) is 14.8. The Morgan fingerprint density at radius 2 is 1.69 bits per heavy atom. The van der Waals surface area contributed by atoms with Gasteiger partial charge in [-0.05, 0) is 37.5 Å². The number of hydrogen-bond donors (Lipinski definition) is 1. The Morgan fingerprint density at radius 1 is 1.03 bits per heavy atom. The summed E-state index contributed by atoms with van der Waals surface area (Å²) in [7, 11) is 0. The van der Waals surface area contributed by atoms with Crippen LogP contribution in [0.1, 0.15) is 39.2 Å². The standard InChI is InChI=1S/C23H29FN2O3/c1-4-17(3)25-23(28)20(5-2)26(15-18-11-7-6-8-12-18)22(27)16-29-21-14-10-9-13-19(21)24/h6-14,17,20H,4-5,15-16H2,1-3H3,(H,25,28)/t17-,20+/m1/s1. The van der Waals surface area contributed by atoms with Crippen LogP contribution >= 0.6 is 0 Å². The fraction of sp³-hybridized carbons (Fsp3) is 0.391. The molecule has 0 aromatic heterocycles. The summed E-state index contributed by atoms with van der Waals surface area (Å²) in [6.45, 7) is 5.70. The normalized spacial score (nSPS) is 12.7. The maximum atomic E-state index is 13.8. The quantitative estimate of drug-likeness (QED) is 0.657. The molecule has 2 aromatic carbocycles. The number of nitrogens with one attached hydrogen (secondary N) is 1. The molecule has 6 heteroatoms. The van der Waals surface area contributed by atoms with Crippen molar-refractivity contribution in [3.63, 3.8) is 0 Å². The molecule has 29 heavy (non-hydrogen) atoms. The van der Waals surface area contributed by atoms with Crippen LogP contribution in [0, 0.1) is 5.82 Å². The highest BCUT2D eigenvalue weighted by Crippen LogP contribution is 2.17. The third-order valence-electron chi connectivity index (χ3n) is 4.77. The molecule has 0 heterocycles. The van der Waals surface area contributed by atoms with Crippen molar-refractivity contribution in [3.05, 3.63) is 66.0 Å². The molecule has 0 saturated carbocycles. The Hall–Kier alpha value is -2.89. The van der Waals surface area contributed by atoms with E-state index >= 15 is 0 Å². The first-order chi connectivity index (χ1) is 14.0. The molecule has 2 rings (SSSR count). The van der Waals surface area contributed by atoms with Crippen molar-refractivity contribution in [1.29, 1.82) is 0 Å². The number of para-hydroxylation sites is 1. The van der Waals surface area contributed by atoms with Crippen LogP contribution in [0.4, 0.5) is 4.39 Å². The maximum absolute atomic E-state index is 13.8. The first kappa shape index (κ1) is 22.4. The maximum Gasteiger partial charge on any atom is 0.261 e. The van der Waals surface area contributed by atoms with Gasteiger partial charge < -0.3 is 15.0 Å². The molecule has 0 saturated heterocycles. The lowest BCUT2D eigenvalue weighted by Crippen LogP contribution is -2.51. The molecule has 0 aliphatic heterocycles. The van der Waals surface area contributed by atoms with Crippen molar-refractivity contribution in [1.82, 2.24) is 10.2 Å². The van der Waals surface area contributed by atoms with Crippen molar-refractivity contribution in [2.45, 2.75) is 52.2 Å². The largest absolute Gasteiger partial charge is 0.481 e. The van der Waals surface area contributed by atoms with E-state index in [-0.39, 0.29) is 36.8 Å². The molecule has 1 N–H and O–H groups in total. The summed E-state index contributed by atoms with van der Waals surface area (Å²) in [6.07, 6.45) is 1.26. The fourth-order valence-electron chi connectivity index (χ4n) is 2.92. The highest BCUT2D eigenvalue weighted by Gasteiger charge is 2.29. The van der Waals surface area contributed by atoms with Gasteiger partial charge in [-0.3, -0.25) is 9.59 Å². The lowest BCUT2D eigenvalue weighted by Gasteiger charge is -2.31. The van der Waals surface area contributed by atoms with Crippen molar-refractivity contribution < 1.29 is 18.7 Å². The number of halogens is 1. The molecular formula is C23H29FN2O3. The highest BCUT2D eigenvalue weighted by molar-refractivity contribution is 5.88. The Balaban J connectivity index is 2.19. The number of hydrogen-bond acceptors (Lipinski definition) is 3. The van der Waals surface area contributed by atoms with Gasteiger partial charge in [-0.25, -0.2) is 4.39 Å². The van der Waals surface area contributed by atoms with E-state index in [0.717, 1.165) is 12.0 Å². The number of ether oxygens (including phenoxy) is 1. The van der Waals surface area contributed by atoms with Crippen LogP contribution in [0.2, 0.25) is 0 Å². The van der Waals surface area contributed by atoms with Crippen molar-refractivity contribution >= 4 is 11.8 Å². The van der Waals surface area contributed by atoms with E-state index in [2.05, 4.69) is 5.32 Å². The number of amides is 2. The fourth-order valence-corrected chi connectivity index (χ4v) is 2.92. The third-order valence-corrected chi connectivity index (χ3v) is 4.77. The van der Waals surface area contributed by atoms with Gasteiger partial charge in [0.2, 0.25) is 5.91 Å². The topological polar surface area (TPSA) is 58.6 Å². The molecule has 0 bridgehead atoms. The van der Waals surface area contributed by atoms with Crippen LogP contribution in [-0.2, 0) is 16.1 Å². The van der Waals surface area contributed by atoms with Crippen LogP contribution in [0.5, 0.6) is 5.75 Å². The first-order valence-corrected chi connectivity index (χ1v) is 9.97. The molecule has 2 amide bonds. The average Bonchev–Trinajstić information content (AvgIpc) is 2.73. The molecular weight excluding hydrogens is 371 g/mol. The van der Waals surface area contributed by atoms with Crippen molar-refractivity contribution in [2.24, 2.45) is 0 Å². The van der Waals surface area contributed by atoms with E-state index in [0.29, 0.717) is 6.42 Å². The van der Waals surface area contributed by atoms with E-state index in [1.807, 2.05) is 51.1 Å². The van der Waals surface area contributed by atoms with Gasteiger partial charge in [0.15, 0.2) is 18.2 Å². The minimum Gasteiger partial charge on any atom is -0.481 e. The second-order valence-corrected chi connectivity index (χ2v) is 6.97. The molecule has 0 radical (unpaired) electrons. The third kappa shape index (κ3) is 6.59. The van der Waals surface area contributed by atoms with E-state index in [1.165, 1.54) is 17.0 Å². The SMILES string of the molecule is CC[C@@H](C)NC(=O)[C@H](CC)N(Cc1ccccc1)C(=O)COc1ccccc1F. The van der Waals surface area contributed by atoms with Crippen LogP contribution in [0.15, 0.2) is 54.6 Å². The molecule has 156 valence electrons. The smallest absolute Gasteiger partial charge is 0.261 e. The van der Waals surface area contributed by atoms with Gasteiger partial charge in [-0.1, -0.05) is 56.3 Å². The Kier molecular flexibility index (Phi) is 8.65. The van der Waals surface area contributed by atoms with E-state index in [9.17, 15) is 14.0 Å². The van der Waals surface area contributed by atoms with Crippen LogP contribution in [0.25, 0.3) is 0 Å². The van der Waals surface area contributed by atoms with E-state index in [4.69, 9.17) is 4.74 Å². The zero-order chi connectivity index (χ0) is 21.2. The number of benzene rings is 2. The van der Waals surface area contributed by atoms with Gasteiger partial charge in [0.1, 0.15) is 6.04 Å². The van der Waals surface area contributed by atoms with E-state index in [1.54, 1.807) is 12.1 Å². The number of nitrogens with zero attached hydrogens (tertiary/aromatic N) is 1. The van der Waals surface area contributed by atoms with Gasteiger partial charge in [-0.2, -0.15) is 0 Å². The molecule has 0 aliphatic rings. The molecule has 5 nitrogen and oxygen atoms in total. The molecule has 0 aliphatic carbocycles. The Bertz CT molecular complexity index is 798. The minimum atomic E-state index is -0.638. The number of carbonyl (C=O) groups is 2. The average molecular weight is 400 g/mol. The van der Waals surface area contributed by atoms with Crippen molar-refractivity contribution in [3.8, 4) is 5.75 Å². The highest BCUT2D eigenvalue weighted by atomic mass is 19.1. The van der Waals surface area contributed by atoms with Gasteiger partial charge >= 0.3 is 0 Å². The summed E-state index contributed by atoms with van der Waals surface area (Å²) in [5.41, 5.74) is 0.904. The van der Waals surface area contributed by atoms with E-state index < -0.39 is 11.9 Å². The summed E-state index contributed by atoms with van der Waals surface area (Å²) in [4.78, 5) is 27.3. The zero-order valence-corrected chi connectivity index (χ0v) is 17.2. The summed E-state index contributed by atoms with van der Waals surface area (Å²) in [5.74, 6) is -1.09. The molecule has 0 unspecified atom stereocenters. The first-order valence-electron chi connectivity index (χ1n) is 9.97. The zero-order valence-electron chi connectivity index (χ0n) is 17.2.